The summed E-state index contributed by atoms with van der Waals surface area (Å²) in [5.41, 5.74) is 8.67. The van der Waals surface area contributed by atoms with Gasteiger partial charge in [0.25, 0.3) is 25.8 Å². The van der Waals surface area contributed by atoms with Crippen LogP contribution in [0, 0.1) is 42.0 Å². The van der Waals surface area contributed by atoms with Gasteiger partial charge in [-0.2, -0.15) is 0 Å². The van der Waals surface area contributed by atoms with Crippen molar-refractivity contribution in [2.24, 2.45) is 0 Å². The highest BCUT2D eigenvalue weighted by Gasteiger charge is 2.52. The molecule has 6 heterocycles. The van der Waals surface area contributed by atoms with Gasteiger partial charge in [0.1, 0.15) is 38.4 Å². The van der Waals surface area contributed by atoms with E-state index in [2.05, 4.69) is 87.7 Å². The summed E-state index contributed by atoms with van der Waals surface area (Å²) in [7, 11) is 6.43. The van der Waals surface area contributed by atoms with Crippen LogP contribution in [0.5, 0.6) is 0 Å². The lowest BCUT2D eigenvalue weighted by Crippen LogP contribution is -2.41. The van der Waals surface area contributed by atoms with Crippen molar-refractivity contribution in [3.63, 3.8) is 0 Å². The van der Waals surface area contributed by atoms with Gasteiger partial charge in [-0.15, -0.1) is 0 Å². The fourth-order valence-electron chi connectivity index (χ4n) is 12.3. The maximum absolute atomic E-state index is 14.3. The number of hydrogen-bond donors (Lipinski definition) is 2. The van der Waals surface area contributed by atoms with E-state index in [-0.39, 0.29) is 46.0 Å². The minimum Gasteiger partial charge on any atom is -0.443 e. The number of nitrogens with zero attached hydrogens (tertiary/aromatic N) is 11. The zero-order chi connectivity index (χ0) is 95.7. The van der Waals surface area contributed by atoms with E-state index in [1.54, 1.807) is 175 Å². The van der Waals surface area contributed by atoms with Crippen LogP contribution in [0.3, 0.4) is 0 Å². The lowest BCUT2D eigenvalue weighted by atomic mass is 9.79. The van der Waals surface area contributed by atoms with Gasteiger partial charge < -0.3 is 28.8 Å². The summed E-state index contributed by atoms with van der Waals surface area (Å²) in [6.07, 6.45) is -0.0220. The van der Waals surface area contributed by atoms with Crippen LogP contribution in [0.25, 0.3) is 88.3 Å². The number of aromatic nitrogens is 5. The maximum Gasteiger partial charge on any atom is 0.494 e. The van der Waals surface area contributed by atoms with Gasteiger partial charge in [0.2, 0.25) is 6.20 Å². The van der Waals surface area contributed by atoms with Crippen molar-refractivity contribution in [2.45, 2.75) is 118 Å². The first-order valence-corrected chi connectivity index (χ1v) is 48.6. The minimum atomic E-state index is -2.20. The van der Waals surface area contributed by atoms with E-state index in [0.29, 0.717) is 87.6 Å². The lowest BCUT2D eigenvalue weighted by Gasteiger charge is -2.32. The molecule has 14 aromatic rings. The van der Waals surface area contributed by atoms with E-state index in [4.69, 9.17) is 23.5 Å². The summed E-state index contributed by atoms with van der Waals surface area (Å²) < 4.78 is 65.6. The van der Waals surface area contributed by atoms with Crippen molar-refractivity contribution in [1.82, 2.24) is 19.9 Å². The van der Waals surface area contributed by atoms with Crippen molar-refractivity contribution >= 4 is 191 Å². The topological polar surface area (TPSA) is 341 Å². The molecule has 1 aliphatic heterocycles. The Labute approximate surface area is 782 Å². The van der Waals surface area contributed by atoms with Gasteiger partial charge in [0.05, 0.1) is 82.0 Å². The maximum atomic E-state index is 14.3. The highest BCUT2D eigenvalue weighted by Crippen LogP contribution is 2.68. The van der Waals surface area contributed by atoms with Crippen LogP contribution in [0.2, 0.25) is 0 Å². The number of amides is 3. The molecule has 2 N–H and O–H groups in total. The number of nitro groups is 3. The number of fused-ring (bicyclic) bond motifs is 5. The first-order valence-electron chi connectivity index (χ1n) is 40.0. The van der Waals surface area contributed by atoms with Crippen LogP contribution in [0.1, 0.15) is 90.0 Å². The number of hydrogen-bond acceptors (Lipinski definition) is 21. The average Bonchev–Trinajstić information content (AvgIpc) is 1.62. The van der Waals surface area contributed by atoms with Crippen LogP contribution in [0.15, 0.2) is 260 Å². The number of para-hydroxylation sites is 5. The Kier molecular flexibility index (Phi) is 33.8. The fraction of sp³-hybridized carbons (Fsp3) is 0.234. The normalized spacial score (nSPS) is 12.5. The highest BCUT2D eigenvalue weighted by atomic mass is 80.0. The van der Waals surface area contributed by atoms with Gasteiger partial charge in [0.15, 0.2) is 0 Å². The molecule has 1 fully saturated rings. The first kappa shape index (κ1) is 101. The summed E-state index contributed by atoms with van der Waals surface area (Å²) in [5.74, 6) is -0.543. The molecule has 15 rings (SSSR count). The molecular weight excluding hydrogens is 1950 g/mol. The predicted octanol–water partition coefficient (Wildman–Crippen LogP) is 25.5. The molecule has 5 aromatic heterocycles. The van der Waals surface area contributed by atoms with Gasteiger partial charge >= 0.3 is 25.4 Å². The minimum absolute atomic E-state index is 0.00843. The number of benzene rings is 9. The zero-order valence-electron chi connectivity index (χ0n) is 74.0. The summed E-state index contributed by atoms with van der Waals surface area (Å²) >= 11 is 11.4. The van der Waals surface area contributed by atoms with E-state index in [0.717, 1.165) is 38.3 Å². The molecule has 36 heteroatoms. The third-order valence-corrected chi connectivity index (χ3v) is 19.9. The smallest absolute Gasteiger partial charge is 0.443 e. The van der Waals surface area contributed by atoms with E-state index < -0.39 is 54.1 Å². The Hall–Kier alpha value is -12.4. The molecule has 9 aromatic carbocycles. The Balaban J connectivity index is 0.000000177. The molecule has 0 bridgehead atoms. The number of nitrogens with one attached hydrogen (secondary N) is 1. The second-order valence-corrected chi connectivity index (χ2v) is 52.2. The highest BCUT2D eigenvalue weighted by molar-refractivity contribution is 9.94. The molecule has 0 spiro atoms. The van der Waals surface area contributed by atoms with Crippen LogP contribution in [-0.2, 0) is 28.1 Å². The molecule has 0 unspecified atom stereocenters. The third kappa shape index (κ3) is 28.3. The summed E-state index contributed by atoms with van der Waals surface area (Å²) in [4.78, 5) is 90.0. The molecule has 130 heavy (non-hydrogen) atoms. The van der Waals surface area contributed by atoms with Crippen LogP contribution >= 0.6 is 65.6 Å². The van der Waals surface area contributed by atoms with Crippen LogP contribution in [0.4, 0.5) is 63.0 Å². The molecule has 1 saturated heterocycles. The van der Waals surface area contributed by atoms with Crippen molar-refractivity contribution < 1.29 is 76.0 Å². The van der Waals surface area contributed by atoms with Gasteiger partial charge in [-0.05, 0) is 215 Å². The number of anilines is 4. The van der Waals surface area contributed by atoms with E-state index in [1.807, 2.05) is 161 Å². The monoisotopic (exact) mass is 2040 g/mol. The van der Waals surface area contributed by atoms with E-state index in [9.17, 15) is 63.3 Å². The number of carbonyl (C=O) groups is 3. The van der Waals surface area contributed by atoms with Crippen molar-refractivity contribution in [3.8, 4) is 33.8 Å². The second kappa shape index (κ2) is 43.4. The Bertz CT molecular complexity index is 6470. The SMILES string of the molecule is CN(C(=O)OC(C)(C)C)c1ccc(-c2cc(F)c3ccccc3n2)cc1.CN(C(=O)OC(C)(C)C)c1ccc(-c2cc([N+](=O)[O-])c3ccccc3n2)cc1.CN(C(=O)OC(C)(C)C)c1ccc(B2OC(C)(C)C(C)(C)O2)cc1.CNc1ccc(-c2cc(F)c3ccccc3n2)cc1.O=P(Br)(Br)Br.O=[N+]([O-])c1cc(Br)nc2ccccc12.O=[N+]([O-])c1cc[n+](O)c2ccccc12. The molecule has 676 valence electrons. The largest absolute Gasteiger partial charge is 0.494 e. The van der Waals surface area contributed by atoms with Crippen molar-refractivity contribution in [3.05, 3.63) is 301 Å². The quantitative estimate of drug-likeness (QED) is 0.0177. The fourth-order valence-corrected chi connectivity index (χ4v) is 12.7. The molecule has 3 amide bonds. The lowest BCUT2D eigenvalue weighted by molar-refractivity contribution is -0.884. The molecule has 28 nitrogen and oxygen atoms in total. The Morgan fingerprint density at radius 3 is 1.11 bits per heavy atom. The standard InChI is InChI=1S/C21H21FN2O2.C21H21N3O4.C18H28BNO4.C16H13FN2.C9H5BrN2O2.C9H7N2O3.Br3OP/c1-21(2,3)26-20(25)24(4)15-11-9-14(10-12-15)19-13-17(22)16-7-5-6-8-18(16)23-19;1-21(2,3)28-20(25)23(4)15-11-9-14(10-12-15)18-13-19(24(26)27)16-7-5-6-8-17(16)22-18;1-16(2,3)22-15(21)20(8)14-11-9-13(10-12-14)19-23-17(4,5)18(6,7)24-19;1-18-12-8-6-11(7-9-12)16-10-14(17)13-4-2-3-5-15(13)19-16;10-9-5-8(12(13)14)6-3-1-2-4-7(6)11-9;12-10-6-5-9(11(13)14)7-3-1-2-4-8(7)10;1-5(2,3)4/h5-13H,1-4H3;5-13H,1-4H3;9-12H,1-8H3;2-10,18H,1H3;1-5H;1-6,12H;/q;;;;;+1;. The first-order chi connectivity index (χ1) is 60.9. The molecule has 0 radical (unpaired) electrons. The average molecular weight is 2050 g/mol. The molecule has 0 atom stereocenters. The number of pyridine rings is 5. The van der Waals surface area contributed by atoms with E-state index >= 15 is 0 Å². The van der Waals surface area contributed by atoms with Gasteiger partial charge in [0, 0.05) is 160 Å². The molecule has 0 saturated carbocycles. The van der Waals surface area contributed by atoms with Crippen molar-refractivity contribution in [2.75, 3.05) is 48.2 Å². The summed E-state index contributed by atoms with van der Waals surface area (Å²) in [6, 6.07) is 71.5. The third-order valence-electron chi connectivity index (χ3n) is 19.5. The van der Waals surface area contributed by atoms with E-state index in [1.165, 1.54) is 51.2 Å². The van der Waals surface area contributed by atoms with Gasteiger partial charge in [-0.1, -0.05) is 109 Å². The van der Waals surface area contributed by atoms with Gasteiger partial charge in [-0.25, -0.2) is 43.1 Å². The summed E-state index contributed by atoms with van der Waals surface area (Å²) in [5, 5.41) is 47.8. The zero-order valence-corrected chi connectivity index (χ0v) is 81.3. The second-order valence-electron chi connectivity index (χ2n) is 33.0. The molecule has 1 aliphatic rings. The van der Waals surface area contributed by atoms with Gasteiger partial charge in [-0.3, -0.25) is 54.8 Å². The predicted molar refractivity (Wildman–Crippen MR) is 522 cm³/mol. The summed E-state index contributed by atoms with van der Waals surface area (Å²) in [6.45, 7) is 24.5. The van der Waals surface area contributed by atoms with Crippen molar-refractivity contribution in [1.29, 1.82) is 0 Å². The van der Waals surface area contributed by atoms with Crippen LogP contribution < -0.4 is 30.2 Å². The molecule has 0 aliphatic carbocycles. The Morgan fingerprint density at radius 1 is 0.454 bits per heavy atom. The number of ether oxygens (including phenoxy) is 3. The number of carbonyl (C=O) groups excluding carboxylic acids is 3. The Morgan fingerprint density at radius 2 is 0.754 bits per heavy atom. The number of halogens is 6. The number of rotatable bonds is 11. The van der Waals surface area contributed by atoms with Crippen LogP contribution in [-0.4, -0.2) is 122 Å². The molecular formula is C94H95BBr4F2N12O16P+.